The molecule has 0 spiro atoms. The zero-order valence-corrected chi connectivity index (χ0v) is 25.9. The molecular weight excluding hydrogens is 627 g/mol. The summed E-state index contributed by atoms with van der Waals surface area (Å²) in [6, 6.07) is 27.8. The number of amides is 3. The van der Waals surface area contributed by atoms with Crippen molar-refractivity contribution in [2.75, 3.05) is 11.9 Å². The van der Waals surface area contributed by atoms with E-state index in [4.69, 9.17) is 27.9 Å². The quantitative estimate of drug-likeness (QED) is 0.120. The minimum atomic E-state index is -1.34. The first-order valence-corrected chi connectivity index (χ1v) is 15.4. The molecule has 46 heavy (non-hydrogen) atoms. The van der Waals surface area contributed by atoms with Gasteiger partial charge in [0.05, 0.1) is 17.4 Å². The van der Waals surface area contributed by atoms with Crippen LogP contribution in [-0.2, 0) is 28.9 Å². The molecule has 1 N–H and O–H groups in total. The summed E-state index contributed by atoms with van der Waals surface area (Å²) in [4.78, 5) is 64.8. The SMILES string of the molecule is C[C@H](C(=O)Nc1ccc(C(=O)OCC(=O)c2ccccc2)cc1)N1C(=O)[C@@H]2[C@@H](C1=O)C1(Cl)c3ccccc3C2(Cl)c2ccccc21. The lowest BCUT2D eigenvalue weighted by Gasteiger charge is -2.54. The van der Waals surface area contributed by atoms with Gasteiger partial charge in [-0.2, -0.15) is 0 Å². The Bertz CT molecular complexity index is 1820. The van der Waals surface area contributed by atoms with Gasteiger partial charge in [0.1, 0.15) is 15.8 Å². The molecule has 3 atom stereocenters. The van der Waals surface area contributed by atoms with E-state index in [1.54, 1.807) is 30.3 Å². The van der Waals surface area contributed by atoms with Gasteiger partial charge in [-0.3, -0.25) is 24.1 Å². The number of nitrogens with zero attached hydrogens (tertiary/aromatic N) is 1. The van der Waals surface area contributed by atoms with Gasteiger partial charge in [-0.25, -0.2) is 4.79 Å². The lowest BCUT2D eigenvalue weighted by atomic mass is 9.54. The Hall–Kier alpha value is -4.79. The molecule has 8 nitrogen and oxygen atoms in total. The lowest BCUT2D eigenvalue weighted by molar-refractivity contribution is -0.146. The van der Waals surface area contributed by atoms with E-state index in [0.717, 1.165) is 4.90 Å². The van der Waals surface area contributed by atoms with Crippen molar-refractivity contribution in [2.24, 2.45) is 11.8 Å². The molecule has 230 valence electrons. The number of esters is 1. The van der Waals surface area contributed by atoms with Crippen LogP contribution in [0.2, 0.25) is 0 Å². The first-order valence-electron chi connectivity index (χ1n) is 14.7. The molecule has 4 aromatic rings. The third kappa shape index (κ3) is 4.24. The smallest absolute Gasteiger partial charge is 0.338 e. The van der Waals surface area contributed by atoms with Crippen LogP contribution in [0.5, 0.6) is 0 Å². The number of carbonyl (C=O) groups excluding carboxylic acids is 5. The lowest BCUT2D eigenvalue weighted by Crippen LogP contribution is -2.57. The van der Waals surface area contributed by atoms with E-state index in [9.17, 15) is 24.0 Å². The molecule has 3 aliphatic carbocycles. The van der Waals surface area contributed by atoms with E-state index < -0.39 is 57.9 Å². The standard InChI is InChI=1S/C36H26Cl2N2O6/c1-20(31(42)39-23-17-15-22(16-18-23)34(45)46-19-28(41)21-9-3-2-4-10-21)40-32(43)29-30(33(40)44)36(38)25-12-6-5-11-24(25)35(29,37)26-13-7-8-14-27(26)36/h2-18,20,29-30H,19H2,1H3,(H,39,42)/t20-,29+,30+,35?,36?/m1/s1. The maximum atomic E-state index is 14.1. The van der Waals surface area contributed by atoms with Crippen LogP contribution in [0.25, 0.3) is 0 Å². The molecule has 1 heterocycles. The number of alkyl halides is 2. The maximum absolute atomic E-state index is 14.1. The van der Waals surface area contributed by atoms with Gasteiger partial charge in [0.2, 0.25) is 17.7 Å². The molecule has 1 saturated heterocycles. The van der Waals surface area contributed by atoms with Crippen LogP contribution >= 0.6 is 23.2 Å². The van der Waals surface area contributed by atoms with Crippen LogP contribution in [0.3, 0.4) is 0 Å². The van der Waals surface area contributed by atoms with Crippen molar-refractivity contribution in [3.05, 3.63) is 137 Å². The number of ether oxygens (including phenoxy) is 1. The second kappa shape index (κ2) is 10.9. The third-order valence-electron chi connectivity index (χ3n) is 9.20. The van der Waals surface area contributed by atoms with Gasteiger partial charge in [0.25, 0.3) is 0 Å². The number of imide groups is 1. The summed E-state index contributed by atoms with van der Waals surface area (Å²) in [5.74, 6) is -4.81. The molecule has 3 amide bonds. The highest BCUT2D eigenvalue weighted by molar-refractivity contribution is 6.36. The molecule has 1 fully saturated rings. The summed E-state index contributed by atoms with van der Waals surface area (Å²) < 4.78 is 5.15. The van der Waals surface area contributed by atoms with Gasteiger partial charge in [-0.15, -0.1) is 23.2 Å². The second-order valence-corrected chi connectivity index (χ2v) is 12.8. The molecule has 4 aliphatic rings. The number of likely N-dealkylation sites (tertiary alicyclic amines) is 1. The minimum Gasteiger partial charge on any atom is -0.454 e. The average molecular weight is 654 g/mol. The zero-order chi connectivity index (χ0) is 32.4. The summed E-state index contributed by atoms with van der Waals surface area (Å²) in [6.07, 6.45) is 0. The highest BCUT2D eigenvalue weighted by Crippen LogP contribution is 2.69. The predicted molar refractivity (Wildman–Crippen MR) is 171 cm³/mol. The van der Waals surface area contributed by atoms with Crippen molar-refractivity contribution in [2.45, 2.75) is 22.7 Å². The summed E-state index contributed by atoms with van der Waals surface area (Å²) in [5.41, 5.74) is 3.64. The van der Waals surface area contributed by atoms with Crippen molar-refractivity contribution in [3.8, 4) is 0 Å². The average Bonchev–Trinajstić information content (AvgIpc) is 3.36. The molecular formula is C36H26Cl2N2O6. The van der Waals surface area contributed by atoms with Gasteiger partial charge < -0.3 is 10.1 Å². The van der Waals surface area contributed by atoms with E-state index >= 15 is 0 Å². The Morgan fingerprint density at radius 3 is 1.65 bits per heavy atom. The fourth-order valence-corrected chi connectivity index (χ4v) is 8.14. The number of ketones is 1. The zero-order valence-electron chi connectivity index (χ0n) is 24.4. The van der Waals surface area contributed by atoms with E-state index in [2.05, 4.69) is 5.32 Å². The van der Waals surface area contributed by atoms with Crippen LogP contribution in [0.1, 0.15) is 49.9 Å². The monoisotopic (exact) mass is 652 g/mol. The molecule has 0 aromatic heterocycles. The molecule has 2 bridgehead atoms. The second-order valence-electron chi connectivity index (χ2n) is 11.6. The molecule has 0 radical (unpaired) electrons. The molecule has 0 saturated carbocycles. The van der Waals surface area contributed by atoms with E-state index in [0.29, 0.717) is 33.5 Å². The predicted octanol–water partition coefficient (Wildman–Crippen LogP) is 5.65. The number of benzene rings is 4. The number of Topliss-reactive ketones (excluding diaryl/α,β-unsaturated/α-hetero) is 1. The third-order valence-corrected chi connectivity index (χ3v) is 10.5. The minimum absolute atomic E-state index is 0.176. The number of nitrogens with one attached hydrogen (secondary N) is 1. The highest BCUT2D eigenvalue weighted by atomic mass is 35.5. The van der Waals surface area contributed by atoms with Gasteiger partial charge in [0.15, 0.2) is 12.4 Å². The van der Waals surface area contributed by atoms with Crippen molar-refractivity contribution in [1.82, 2.24) is 4.90 Å². The normalized spacial score (nSPS) is 24.5. The number of carbonyl (C=O) groups is 5. The van der Waals surface area contributed by atoms with Crippen LogP contribution < -0.4 is 5.32 Å². The number of anilines is 1. The molecule has 4 aromatic carbocycles. The Labute approximate surface area is 274 Å². The number of hydrogen-bond acceptors (Lipinski definition) is 6. The molecule has 8 rings (SSSR count). The Morgan fingerprint density at radius 1 is 0.717 bits per heavy atom. The Kier molecular flexibility index (Phi) is 7.10. The topological polar surface area (TPSA) is 110 Å². The molecule has 1 aliphatic heterocycles. The highest BCUT2D eigenvalue weighted by Gasteiger charge is 2.73. The van der Waals surface area contributed by atoms with Crippen LogP contribution in [0.15, 0.2) is 103 Å². The fraction of sp³-hybridized carbons (Fsp3) is 0.194. The van der Waals surface area contributed by atoms with Crippen LogP contribution in [0, 0.1) is 11.8 Å². The van der Waals surface area contributed by atoms with Crippen molar-refractivity contribution < 1.29 is 28.7 Å². The fourth-order valence-electron chi connectivity index (χ4n) is 7.05. The van der Waals surface area contributed by atoms with E-state index in [1.165, 1.54) is 31.2 Å². The summed E-state index contributed by atoms with van der Waals surface area (Å²) in [6.45, 7) is 1.06. The van der Waals surface area contributed by atoms with Crippen LogP contribution in [-0.4, -0.2) is 47.0 Å². The van der Waals surface area contributed by atoms with Crippen molar-refractivity contribution in [1.29, 1.82) is 0 Å². The number of rotatable bonds is 7. The Balaban J connectivity index is 1.09. The number of halogens is 2. The largest absolute Gasteiger partial charge is 0.454 e. The van der Waals surface area contributed by atoms with Crippen molar-refractivity contribution in [3.63, 3.8) is 0 Å². The molecule has 10 heteroatoms. The summed E-state index contributed by atoms with van der Waals surface area (Å²) in [7, 11) is 0. The summed E-state index contributed by atoms with van der Waals surface area (Å²) >= 11 is 14.9. The van der Waals surface area contributed by atoms with E-state index in [1.807, 2.05) is 48.5 Å². The number of hydrogen-bond donors (Lipinski definition) is 1. The van der Waals surface area contributed by atoms with Gasteiger partial charge in [0, 0.05) is 11.3 Å². The van der Waals surface area contributed by atoms with E-state index in [-0.39, 0.29) is 11.3 Å². The van der Waals surface area contributed by atoms with Gasteiger partial charge in [-0.1, -0.05) is 78.9 Å². The van der Waals surface area contributed by atoms with Gasteiger partial charge >= 0.3 is 5.97 Å². The van der Waals surface area contributed by atoms with Gasteiger partial charge in [-0.05, 0) is 53.4 Å². The first-order chi connectivity index (χ1) is 22.1. The first kappa shape index (κ1) is 29.9. The van der Waals surface area contributed by atoms with Crippen LogP contribution in [0.4, 0.5) is 5.69 Å². The molecule has 0 unspecified atom stereocenters. The Morgan fingerprint density at radius 2 is 1.17 bits per heavy atom. The van der Waals surface area contributed by atoms with Crippen molar-refractivity contribution >= 4 is 58.4 Å². The maximum Gasteiger partial charge on any atom is 0.338 e. The summed E-state index contributed by atoms with van der Waals surface area (Å²) in [5, 5.41) is 2.71.